The van der Waals surface area contributed by atoms with Crippen molar-refractivity contribution in [2.75, 3.05) is 159 Å². The second kappa shape index (κ2) is 37.5. The van der Waals surface area contributed by atoms with E-state index in [9.17, 15) is 0 Å². The normalized spacial score (nSPS) is 11.5. The van der Waals surface area contributed by atoms with E-state index in [2.05, 4.69) is 0 Å². The highest BCUT2D eigenvalue weighted by Crippen LogP contribution is 1.93. The molecule has 0 bridgehead atoms. The van der Waals surface area contributed by atoms with Gasteiger partial charge < -0.3 is 62.3 Å². The summed E-state index contributed by atoms with van der Waals surface area (Å²) in [5.74, 6) is 0. The van der Waals surface area contributed by atoms with Crippen molar-refractivity contribution in [2.45, 2.75) is 12.8 Å². The summed E-state index contributed by atoms with van der Waals surface area (Å²) < 4.78 is 59.0. The summed E-state index contributed by atoms with van der Waals surface area (Å²) in [7, 11) is 0. The number of aliphatic hydroxyl groups is 2. The second-order valence-electron chi connectivity index (χ2n) is 7.89. The molecule has 0 saturated carbocycles. The molecule has 0 aromatic carbocycles. The van der Waals surface area contributed by atoms with E-state index >= 15 is 0 Å². The van der Waals surface area contributed by atoms with Crippen LogP contribution in [0.25, 0.3) is 0 Å². The molecule has 0 aromatic rings. The minimum absolute atomic E-state index is 0.0278. The van der Waals surface area contributed by atoms with Crippen LogP contribution in [-0.2, 0) is 52.1 Å². The smallest absolute Gasteiger partial charge is 0.0701 e. The molecule has 0 amide bonds. The van der Waals surface area contributed by atoms with Gasteiger partial charge in [0, 0.05) is 13.2 Å². The monoisotopic (exact) mass is 574 g/mol. The molecule has 0 aliphatic rings. The average molecular weight is 575 g/mol. The first-order valence-electron chi connectivity index (χ1n) is 14.0. The van der Waals surface area contributed by atoms with E-state index in [4.69, 9.17) is 62.3 Å². The first-order chi connectivity index (χ1) is 19.4. The van der Waals surface area contributed by atoms with Crippen LogP contribution in [0.2, 0.25) is 0 Å². The Kier molecular flexibility index (Phi) is 37.0. The van der Waals surface area contributed by atoms with Crippen LogP contribution in [0.1, 0.15) is 12.8 Å². The standard InChI is InChI=1S/C26H54O13/c27-3-7-31-11-15-35-19-23-37-21-17-33-13-9-29-5-1-2-6-30-10-14-34-18-22-38-25-26-39-24-20-36-16-12-32-8-4-28/h27-28H,1-26H2. The van der Waals surface area contributed by atoms with Gasteiger partial charge in [0.05, 0.1) is 145 Å². The fourth-order valence-corrected chi connectivity index (χ4v) is 2.72. The number of ether oxygens (including phenoxy) is 11. The molecule has 13 heteroatoms. The zero-order chi connectivity index (χ0) is 28.2. The molecule has 0 radical (unpaired) electrons. The van der Waals surface area contributed by atoms with E-state index < -0.39 is 0 Å². The van der Waals surface area contributed by atoms with Crippen LogP contribution in [0.4, 0.5) is 0 Å². The second-order valence-corrected chi connectivity index (χ2v) is 7.89. The molecule has 0 unspecified atom stereocenters. The van der Waals surface area contributed by atoms with Gasteiger partial charge in [-0.2, -0.15) is 0 Å². The molecule has 0 saturated heterocycles. The highest BCUT2D eigenvalue weighted by molar-refractivity contribution is 4.41. The van der Waals surface area contributed by atoms with E-state index in [1.54, 1.807) is 0 Å². The van der Waals surface area contributed by atoms with Gasteiger partial charge >= 0.3 is 0 Å². The maximum absolute atomic E-state index is 8.56. The largest absolute Gasteiger partial charge is 0.394 e. The topological polar surface area (TPSA) is 142 Å². The van der Waals surface area contributed by atoms with Gasteiger partial charge in [0.15, 0.2) is 0 Å². The summed E-state index contributed by atoms with van der Waals surface area (Å²) in [5, 5.41) is 17.1. The summed E-state index contributed by atoms with van der Waals surface area (Å²) >= 11 is 0. The third-order valence-corrected chi connectivity index (χ3v) is 4.65. The van der Waals surface area contributed by atoms with Gasteiger partial charge in [-0.05, 0) is 12.8 Å². The molecule has 13 nitrogen and oxygen atoms in total. The average Bonchev–Trinajstić information content (AvgIpc) is 2.95. The summed E-state index contributed by atoms with van der Waals surface area (Å²) in [6, 6.07) is 0. The Balaban J connectivity index is 3.01. The fourth-order valence-electron chi connectivity index (χ4n) is 2.72. The van der Waals surface area contributed by atoms with Gasteiger partial charge in [0.25, 0.3) is 0 Å². The lowest BCUT2D eigenvalue weighted by Gasteiger charge is -2.08. The van der Waals surface area contributed by atoms with Crippen molar-refractivity contribution >= 4 is 0 Å². The molecule has 0 heterocycles. The molecule has 0 fully saturated rings. The van der Waals surface area contributed by atoms with Gasteiger partial charge in [-0.15, -0.1) is 0 Å². The number of aliphatic hydroxyl groups excluding tert-OH is 2. The lowest BCUT2D eigenvalue weighted by molar-refractivity contribution is -0.0188. The van der Waals surface area contributed by atoms with Crippen LogP contribution in [0, 0.1) is 0 Å². The van der Waals surface area contributed by atoms with E-state index in [0.717, 1.165) is 12.8 Å². The van der Waals surface area contributed by atoms with Gasteiger partial charge in [0.2, 0.25) is 0 Å². The highest BCUT2D eigenvalue weighted by Gasteiger charge is 1.96. The maximum atomic E-state index is 8.56. The lowest BCUT2D eigenvalue weighted by Crippen LogP contribution is -2.14. The molecule has 0 aromatic heterocycles. The Labute approximate surface area is 234 Å². The molecule has 236 valence electrons. The zero-order valence-corrected chi connectivity index (χ0v) is 23.8. The molecule has 39 heavy (non-hydrogen) atoms. The first kappa shape index (κ1) is 38.5. The predicted octanol–water partition coefficient (Wildman–Crippen LogP) is -0.0662. The van der Waals surface area contributed by atoms with Crippen LogP contribution in [0.5, 0.6) is 0 Å². The fraction of sp³-hybridized carbons (Fsp3) is 1.00. The van der Waals surface area contributed by atoms with Crippen molar-refractivity contribution < 1.29 is 62.3 Å². The summed E-state index contributed by atoms with van der Waals surface area (Å²) in [4.78, 5) is 0. The minimum atomic E-state index is 0.0278. The summed E-state index contributed by atoms with van der Waals surface area (Å²) in [5.41, 5.74) is 0. The van der Waals surface area contributed by atoms with E-state index in [-0.39, 0.29) is 13.2 Å². The number of unbranched alkanes of at least 4 members (excludes halogenated alkanes) is 1. The van der Waals surface area contributed by atoms with Crippen molar-refractivity contribution in [3.8, 4) is 0 Å². The minimum Gasteiger partial charge on any atom is -0.394 e. The number of rotatable bonds is 36. The first-order valence-corrected chi connectivity index (χ1v) is 14.0. The van der Waals surface area contributed by atoms with Crippen molar-refractivity contribution in [3.05, 3.63) is 0 Å². The third-order valence-electron chi connectivity index (χ3n) is 4.65. The summed E-state index contributed by atoms with van der Waals surface area (Å²) in [6.07, 6.45) is 1.88. The molecule has 0 atom stereocenters. The molecule has 2 N–H and O–H groups in total. The van der Waals surface area contributed by atoms with Gasteiger partial charge in [-0.25, -0.2) is 0 Å². The van der Waals surface area contributed by atoms with E-state index in [1.807, 2.05) is 0 Å². The van der Waals surface area contributed by atoms with Crippen molar-refractivity contribution in [2.24, 2.45) is 0 Å². The summed E-state index contributed by atoms with van der Waals surface area (Å²) in [6.45, 7) is 11.5. The number of hydrogen-bond acceptors (Lipinski definition) is 13. The molecular formula is C26H54O13. The Bertz CT molecular complexity index is 385. The van der Waals surface area contributed by atoms with Crippen LogP contribution in [-0.4, -0.2) is 169 Å². The Hall–Kier alpha value is -0.520. The van der Waals surface area contributed by atoms with Crippen LogP contribution < -0.4 is 0 Å². The maximum Gasteiger partial charge on any atom is 0.0701 e. The number of hydrogen-bond donors (Lipinski definition) is 2. The quantitative estimate of drug-likeness (QED) is 0.0966. The van der Waals surface area contributed by atoms with Crippen molar-refractivity contribution in [1.82, 2.24) is 0 Å². The Morgan fingerprint density at radius 3 is 0.538 bits per heavy atom. The van der Waals surface area contributed by atoms with Crippen LogP contribution in [0.15, 0.2) is 0 Å². The predicted molar refractivity (Wildman–Crippen MR) is 142 cm³/mol. The zero-order valence-electron chi connectivity index (χ0n) is 23.8. The van der Waals surface area contributed by atoms with Crippen LogP contribution in [0.3, 0.4) is 0 Å². The lowest BCUT2D eigenvalue weighted by atomic mass is 10.3. The van der Waals surface area contributed by atoms with Crippen molar-refractivity contribution in [3.63, 3.8) is 0 Å². The van der Waals surface area contributed by atoms with E-state index in [0.29, 0.717) is 145 Å². The molecule has 0 rings (SSSR count). The highest BCUT2D eigenvalue weighted by atomic mass is 16.6. The van der Waals surface area contributed by atoms with Gasteiger partial charge in [-0.3, -0.25) is 0 Å². The molecule has 0 aliphatic carbocycles. The molecule has 0 spiro atoms. The van der Waals surface area contributed by atoms with Gasteiger partial charge in [0.1, 0.15) is 0 Å². The SMILES string of the molecule is OCCOCCOCCOCCOCCOCCCCOCCOCCOCCOCCOCCOCCO. The molecular weight excluding hydrogens is 520 g/mol. The van der Waals surface area contributed by atoms with E-state index in [1.165, 1.54) is 0 Å². The Morgan fingerprint density at radius 2 is 0.359 bits per heavy atom. The molecule has 0 aliphatic heterocycles. The van der Waals surface area contributed by atoms with Crippen molar-refractivity contribution in [1.29, 1.82) is 0 Å². The Morgan fingerprint density at radius 1 is 0.205 bits per heavy atom. The van der Waals surface area contributed by atoms with Gasteiger partial charge in [-0.1, -0.05) is 0 Å². The third kappa shape index (κ3) is 37.5. The van der Waals surface area contributed by atoms with Crippen LogP contribution >= 0.6 is 0 Å².